The minimum atomic E-state index is 0. The molecule has 0 aliphatic carbocycles. The van der Waals surface area contributed by atoms with Gasteiger partial charge in [0.15, 0.2) is 23.9 Å². The van der Waals surface area contributed by atoms with Crippen LogP contribution in [0.4, 0.5) is 5.82 Å². The van der Waals surface area contributed by atoms with E-state index in [9.17, 15) is 0 Å². The van der Waals surface area contributed by atoms with Crippen LogP contribution in [0.15, 0.2) is 29.2 Å². The number of nitrogens with two attached hydrogens (primary N) is 1. The first-order valence-electron chi connectivity index (χ1n) is 3.81. The van der Waals surface area contributed by atoms with Crippen molar-refractivity contribution in [1.29, 1.82) is 0 Å². The number of aromatic nitrogens is 3. The van der Waals surface area contributed by atoms with Gasteiger partial charge in [-0.15, -0.1) is 0 Å². The van der Waals surface area contributed by atoms with Crippen LogP contribution in [0, 0.1) is 0 Å². The molecule has 74 valence electrons. The molecule has 0 aliphatic rings. The fourth-order valence-electron chi connectivity index (χ4n) is 1.12. The Morgan fingerprint density at radius 3 is 2.79 bits per heavy atom. The summed E-state index contributed by atoms with van der Waals surface area (Å²) in [6.07, 6.45) is 3.82. The summed E-state index contributed by atoms with van der Waals surface area (Å²) in [7, 11) is 1.92. The number of anilines is 1. The van der Waals surface area contributed by atoms with Gasteiger partial charge in [-0.05, 0) is 16.4 Å². The number of halogens is 1. The maximum Gasteiger partial charge on any atom is 0.196 e. The molecular weight excluding hydrogens is 295 g/mol. The number of hydrogen-bond donors (Lipinski definition) is 1. The van der Waals surface area contributed by atoms with Gasteiger partial charge in [0.1, 0.15) is 7.05 Å². The number of nitrogens with zero attached hydrogens (tertiary/aromatic N) is 3. The van der Waals surface area contributed by atoms with Crippen LogP contribution in [-0.2, 0) is 7.05 Å². The molecule has 0 aliphatic heterocycles. The summed E-state index contributed by atoms with van der Waals surface area (Å²) in [4.78, 5) is 0. The minimum Gasteiger partial charge on any atom is -1.00 e. The third-order valence-corrected chi connectivity index (χ3v) is 1.73. The van der Waals surface area contributed by atoms with Gasteiger partial charge in [0.05, 0.1) is 5.56 Å². The molecule has 2 heterocycles. The number of pyridine rings is 1. The second-order valence-corrected chi connectivity index (χ2v) is 2.76. The predicted molar refractivity (Wildman–Crippen MR) is 45.3 cm³/mol. The molecule has 2 aromatic heterocycles. The molecule has 0 amide bonds. The van der Waals surface area contributed by atoms with E-state index in [2.05, 4.69) is 14.9 Å². The van der Waals surface area contributed by atoms with Crippen molar-refractivity contribution in [2.75, 3.05) is 5.73 Å². The Balaban J connectivity index is 0.000000980. The molecule has 0 atom stereocenters. The van der Waals surface area contributed by atoms with Crippen LogP contribution >= 0.6 is 0 Å². The van der Waals surface area contributed by atoms with Crippen LogP contribution in [0.25, 0.3) is 11.3 Å². The van der Waals surface area contributed by atoms with Gasteiger partial charge in [0.25, 0.3) is 0 Å². The van der Waals surface area contributed by atoms with E-state index in [1.807, 2.05) is 36.1 Å². The van der Waals surface area contributed by atoms with Gasteiger partial charge in [-0.25, -0.2) is 9.20 Å². The molecule has 0 saturated carbocycles. The lowest BCUT2D eigenvalue weighted by atomic mass is 10.2. The van der Waals surface area contributed by atoms with Gasteiger partial charge in [-0.1, -0.05) is 0 Å². The standard InChI is InChI=1S/C8H9N4O.HI/c1-12-4-2-3-6(5-12)7-8(9)11-13-10-7;/h2-5H,1H3,(H2,9,11);1H/q+1;/p-1. The van der Waals surface area contributed by atoms with Gasteiger partial charge in [0, 0.05) is 6.07 Å². The van der Waals surface area contributed by atoms with Crippen molar-refractivity contribution >= 4 is 5.82 Å². The molecular formula is C8H9IN4O. The molecule has 0 unspecified atom stereocenters. The van der Waals surface area contributed by atoms with Gasteiger partial charge >= 0.3 is 0 Å². The SMILES string of the molecule is C[n+]1cccc(-c2nonc2N)c1.[I-]. The molecule has 0 bridgehead atoms. The highest BCUT2D eigenvalue weighted by atomic mass is 127. The molecule has 0 fully saturated rings. The molecule has 0 saturated heterocycles. The Labute approximate surface area is 97.9 Å². The summed E-state index contributed by atoms with van der Waals surface area (Å²) in [6, 6.07) is 3.80. The van der Waals surface area contributed by atoms with Crippen LogP contribution in [0.3, 0.4) is 0 Å². The number of nitrogen functional groups attached to an aromatic ring is 1. The molecule has 5 nitrogen and oxygen atoms in total. The molecule has 14 heavy (non-hydrogen) atoms. The monoisotopic (exact) mass is 304 g/mol. The fraction of sp³-hybridized carbons (Fsp3) is 0.125. The van der Waals surface area contributed by atoms with Gasteiger partial charge in [0.2, 0.25) is 0 Å². The normalized spacial score (nSPS) is 9.50. The summed E-state index contributed by atoms with van der Waals surface area (Å²) in [5.74, 6) is 0.311. The zero-order chi connectivity index (χ0) is 9.26. The van der Waals surface area contributed by atoms with Gasteiger partial charge in [-0.3, -0.25) is 0 Å². The summed E-state index contributed by atoms with van der Waals surface area (Å²) in [5.41, 5.74) is 7.02. The first kappa shape index (κ1) is 10.9. The molecule has 0 spiro atoms. The second-order valence-electron chi connectivity index (χ2n) is 2.76. The van der Waals surface area contributed by atoms with Crippen LogP contribution < -0.4 is 34.3 Å². The Morgan fingerprint density at radius 2 is 2.21 bits per heavy atom. The van der Waals surface area contributed by atoms with E-state index < -0.39 is 0 Å². The number of hydrogen-bond acceptors (Lipinski definition) is 4. The van der Waals surface area contributed by atoms with E-state index in [1.54, 1.807) is 0 Å². The van der Waals surface area contributed by atoms with Crippen molar-refractivity contribution in [1.82, 2.24) is 10.3 Å². The summed E-state index contributed by atoms with van der Waals surface area (Å²) in [5, 5.41) is 7.21. The molecule has 2 rings (SSSR count). The van der Waals surface area contributed by atoms with E-state index in [0.29, 0.717) is 11.5 Å². The topological polar surface area (TPSA) is 68.8 Å². The van der Waals surface area contributed by atoms with Crippen LogP contribution in [0.2, 0.25) is 0 Å². The van der Waals surface area contributed by atoms with E-state index in [0.717, 1.165) is 5.56 Å². The predicted octanol–water partition coefficient (Wildman–Crippen LogP) is -2.85. The van der Waals surface area contributed by atoms with Crippen molar-refractivity contribution in [2.45, 2.75) is 0 Å². The number of aryl methyl sites for hydroxylation is 1. The van der Waals surface area contributed by atoms with E-state index in [4.69, 9.17) is 5.73 Å². The van der Waals surface area contributed by atoms with Crippen LogP contribution in [0.1, 0.15) is 0 Å². The highest BCUT2D eigenvalue weighted by molar-refractivity contribution is 5.67. The quantitative estimate of drug-likeness (QED) is 0.455. The van der Waals surface area contributed by atoms with Crippen molar-refractivity contribution in [3.05, 3.63) is 24.5 Å². The highest BCUT2D eigenvalue weighted by Crippen LogP contribution is 2.19. The Kier molecular flexibility index (Phi) is 3.39. The van der Waals surface area contributed by atoms with Gasteiger partial charge in [-0.2, -0.15) is 0 Å². The Bertz CT molecular complexity index is 429. The lowest BCUT2D eigenvalue weighted by molar-refractivity contribution is -0.671. The maximum absolute atomic E-state index is 5.55. The largest absolute Gasteiger partial charge is 1.00 e. The molecule has 0 aromatic carbocycles. The Morgan fingerprint density at radius 1 is 1.43 bits per heavy atom. The summed E-state index contributed by atoms with van der Waals surface area (Å²) in [6.45, 7) is 0. The first-order valence-corrected chi connectivity index (χ1v) is 3.81. The van der Waals surface area contributed by atoms with E-state index in [1.165, 1.54) is 0 Å². The average molecular weight is 304 g/mol. The van der Waals surface area contributed by atoms with Crippen molar-refractivity contribution in [3.8, 4) is 11.3 Å². The van der Waals surface area contributed by atoms with Crippen molar-refractivity contribution in [2.24, 2.45) is 7.05 Å². The molecule has 2 aromatic rings. The highest BCUT2D eigenvalue weighted by Gasteiger charge is 2.10. The smallest absolute Gasteiger partial charge is 0.196 e. The second kappa shape index (κ2) is 4.36. The minimum absolute atomic E-state index is 0. The molecule has 0 radical (unpaired) electrons. The lowest BCUT2D eigenvalue weighted by Crippen LogP contribution is -3.00. The summed E-state index contributed by atoms with van der Waals surface area (Å²) < 4.78 is 6.41. The zero-order valence-corrected chi connectivity index (χ0v) is 9.67. The molecule has 6 heteroatoms. The van der Waals surface area contributed by atoms with Crippen molar-refractivity contribution < 1.29 is 33.2 Å². The average Bonchev–Trinajstić information content (AvgIpc) is 2.51. The summed E-state index contributed by atoms with van der Waals surface area (Å²) >= 11 is 0. The molecule has 2 N–H and O–H groups in total. The maximum atomic E-state index is 5.55. The zero-order valence-electron chi connectivity index (χ0n) is 7.51. The first-order chi connectivity index (χ1) is 6.27. The Hall–Kier alpha value is -1.18. The van der Waals surface area contributed by atoms with Crippen LogP contribution in [-0.4, -0.2) is 10.3 Å². The van der Waals surface area contributed by atoms with Crippen LogP contribution in [0.5, 0.6) is 0 Å². The fourth-order valence-corrected chi connectivity index (χ4v) is 1.12. The number of rotatable bonds is 1. The van der Waals surface area contributed by atoms with E-state index >= 15 is 0 Å². The third-order valence-electron chi connectivity index (χ3n) is 1.73. The third kappa shape index (κ3) is 2.00. The lowest BCUT2D eigenvalue weighted by Gasteiger charge is -1.92. The van der Waals surface area contributed by atoms with Gasteiger partial charge < -0.3 is 29.7 Å². The van der Waals surface area contributed by atoms with E-state index in [-0.39, 0.29) is 24.0 Å². The van der Waals surface area contributed by atoms with Crippen molar-refractivity contribution in [3.63, 3.8) is 0 Å².